The molecule has 0 aliphatic heterocycles. The number of nitrogen functional groups attached to an aromatic ring is 1. The summed E-state index contributed by atoms with van der Waals surface area (Å²) < 4.78 is 5.62. The highest BCUT2D eigenvalue weighted by Crippen LogP contribution is 2.25. The lowest BCUT2D eigenvalue weighted by atomic mass is 9.90. The summed E-state index contributed by atoms with van der Waals surface area (Å²) in [6.07, 6.45) is 1.68. The van der Waals surface area contributed by atoms with Crippen molar-refractivity contribution in [2.24, 2.45) is 5.41 Å². The number of nitrogens with zero attached hydrogens (tertiary/aromatic N) is 1. The Kier molecular flexibility index (Phi) is 4.39. The van der Waals surface area contributed by atoms with Crippen LogP contribution in [0.3, 0.4) is 0 Å². The van der Waals surface area contributed by atoms with E-state index in [0.717, 1.165) is 24.2 Å². The van der Waals surface area contributed by atoms with E-state index in [9.17, 15) is 0 Å². The fourth-order valence-corrected chi connectivity index (χ4v) is 1.53. The van der Waals surface area contributed by atoms with Gasteiger partial charge >= 0.3 is 0 Å². The zero-order valence-electron chi connectivity index (χ0n) is 10.8. The van der Waals surface area contributed by atoms with E-state index in [4.69, 9.17) is 15.7 Å². The Balaban J connectivity index is 2.42. The number of para-hydroxylation sites is 1. The number of hydrogen-bond donors (Lipinski definition) is 1. The average Bonchev–Trinajstić information content (AvgIpc) is 2.30. The molecule has 2 N–H and O–H groups in total. The van der Waals surface area contributed by atoms with Gasteiger partial charge in [0.15, 0.2) is 0 Å². The van der Waals surface area contributed by atoms with Crippen LogP contribution in [0, 0.1) is 23.7 Å². The second kappa shape index (κ2) is 5.58. The van der Waals surface area contributed by atoms with Gasteiger partial charge < -0.3 is 10.5 Å². The van der Waals surface area contributed by atoms with Crippen molar-refractivity contribution in [3.8, 4) is 11.8 Å². The lowest BCUT2D eigenvalue weighted by Gasteiger charge is -2.15. The molecular weight excluding hydrogens is 212 g/mol. The van der Waals surface area contributed by atoms with Gasteiger partial charge in [-0.2, -0.15) is 5.26 Å². The largest absolute Gasteiger partial charge is 0.491 e. The van der Waals surface area contributed by atoms with Crippen LogP contribution in [0.2, 0.25) is 0 Å². The summed E-state index contributed by atoms with van der Waals surface area (Å²) in [4.78, 5) is 0. The molecule has 0 unspecified atom stereocenters. The molecule has 0 heterocycles. The molecule has 1 rings (SSSR count). The first kappa shape index (κ1) is 13.4. The molecule has 0 radical (unpaired) electrons. The second-order valence-electron chi connectivity index (χ2n) is 4.93. The highest BCUT2D eigenvalue weighted by molar-refractivity contribution is 5.57. The standard InChI is InChI=1S/C14H20N2O/c1-11-6-4-7-12(13(11)16)17-9-5-8-14(2,3)10-15/h4,6-7H,5,8-9,16H2,1-3H3. The Labute approximate surface area is 103 Å². The van der Waals surface area contributed by atoms with Crippen LogP contribution in [-0.4, -0.2) is 6.61 Å². The van der Waals surface area contributed by atoms with Crippen LogP contribution in [0.1, 0.15) is 32.3 Å². The summed E-state index contributed by atoms with van der Waals surface area (Å²) in [7, 11) is 0. The van der Waals surface area contributed by atoms with E-state index >= 15 is 0 Å². The minimum Gasteiger partial charge on any atom is -0.491 e. The Morgan fingerprint density at radius 3 is 2.76 bits per heavy atom. The van der Waals surface area contributed by atoms with Gasteiger partial charge in [0, 0.05) is 0 Å². The topological polar surface area (TPSA) is 59.0 Å². The molecular formula is C14H20N2O. The lowest BCUT2D eigenvalue weighted by molar-refractivity contribution is 0.285. The van der Waals surface area contributed by atoms with Crippen LogP contribution in [0.25, 0.3) is 0 Å². The van der Waals surface area contributed by atoms with Gasteiger partial charge in [-0.25, -0.2) is 0 Å². The highest BCUT2D eigenvalue weighted by Gasteiger charge is 2.15. The maximum absolute atomic E-state index is 8.88. The molecule has 0 spiro atoms. The van der Waals surface area contributed by atoms with Crippen molar-refractivity contribution in [1.82, 2.24) is 0 Å². The summed E-state index contributed by atoms with van der Waals surface area (Å²) in [5.74, 6) is 0.736. The summed E-state index contributed by atoms with van der Waals surface area (Å²) in [6, 6.07) is 8.04. The van der Waals surface area contributed by atoms with E-state index in [0.29, 0.717) is 12.3 Å². The SMILES string of the molecule is Cc1cccc(OCCCC(C)(C)C#N)c1N. The lowest BCUT2D eigenvalue weighted by Crippen LogP contribution is -2.10. The fraction of sp³-hybridized carbons (Fsp3) is 0.500. The first-order valence-electron chi connectivity index (χ1n) is 5.85. The number of anilines is 1. The average molecular weight is 232 g/mol. The molecule has 0 fully saturated rings. The summed E-state index contributed by atoms with van der Waals surface area (Å²) in [5, 5.41) is 8.88. The molecule has 0 aliphatic carbocycles. The summed E-state index contributed by atoms with van der Waals surface area (Å²) >= 11 is 0. The molecule has 0 saturated heterocycles. The van der Waals surface area contributed by atoms with Gasteiger partial charge in [-0.05, 0) is 45.2 Å². The fourth-order valence-electron chi connectivity index (χ4n) is 1.53. The molecule has 3 nitrogen and oxygen atoms in total. The minimum absolute atomic E-state index is 0.276. The van der Waals surface area contributed by atoms with Crippen molar-refractivity contribution in [2.75, 3.05) is 12.3 Å². The molecule has 3 heteroatoms. The molecule has 0 atom stereocenters. The Morgan fingerprint density at radius 1 is 1.41 bits per heavy atom. The van der Waals surface area contributed by atoms with Crippen molar-refractivity contribution in [3.05, 3.63) is 23.8 Å². The van der Waals surface area contributed by atoms with Gasteiger partial charge in [0.2, 0.25) is 0 Å². The van der Waals surface area contributed by atoms with Gasteiger partial charge in [-0.3, -0.25) is 0 Å². The molecule has 0 saturated carbocycles. The van der Waals surface area contributed by atoms with Crippen LogP contribution in [-0.2, 0) is 0 Å². The summed E-state index contributed by atoms with van der Waals surface area (Å²) in [6.45, 7) is 6.43. The van der Waals surface area contributed by atoms with Crippen LogP contribution < -0.4 is 10.5 Å². The van der Waals surface area contributed by atoms with E-state index in [1.54, 1.807) is 0 Å². The molecule has 0 aliphatic rings. The van der Waals surface area contributed by atoms with Crippen LogP contribution in [0.5, 0.6) is 5.75 Å². The predicted molar refractivity (Wildman–Crippen MR) is 69.7 cm³/mol. The second-order valence-corrected chi connectivity index (χ2v) is 4.93. The molecule has 17 heavy (non-hydrogen) atoms. The number of benzene rings is 1. The van der Waals surface area contributed by atoms with Crippen LogP contribution in [0.15, 0.2) is 18.2 Å². The number of rotatable bonds is 5. The van der Waals surface area contributed by atoms with Crippen molar-refractivity contribution in [3.63, 3.8) is 0 Å². The van der Waals surface area contributed by atoms with Gasteiger partial charge in [0.1, 0.15) is 5.75 Å². The number of nitrogens with two attached hydrogens (primary N) is 1. The van der Waals surface area contributed by atoms with Gasteiger partial charge in [-0.15, -0.1) is 0 Å². The number of ether oxygens (including phenoxy) is 1. The predicted octanol–water partition coefficient (Wildman–Crippen LogP) is 3.29. The highest BCUT2D eigenvalue weighted by atomic mass is 16.5. The quantitative estimate of drug-likeness (QED) is 0.626. The molecule has 0 aromatic heterocycles. The van der Waals surface area contributed by atoms with E-state index in [1.165, 1.54) is 0 Å². The van der Waals surface area contributed by atoms with Crippen molar-refractivity contribution < 1.29 is 4.74 Å². The molecule has 92 valence electrons. The first-order valence-corrected chi connectivity index (χ1v) is 5.85. The number of aryl methyl sites for hydroxylation is 1. The zero-order valence-corrected chi connectivity index (χ0v) is 10.8. The Hall–Kier alpha value is -1.69. The molecule has 0 bridgehead atoms. The maximum atomic E-state index is 8.88. The third-order valence-corrected chi connectivity index (χ3v) is 2.79. The molecule has 0 amide bonds. The first-order chi connectivity index (χ1) is 7.96. The zero-order chi connectivity index (χ0) is 12.9. The van der Waals surface area contributed by atoms with Gasteiger partial charge in [0.05, 0.1) is 23.8 Å². The van der Waals surface area contributed by atoms with Crippen LogP contribution >= 0.6 is 0 Å². The Bertz CT molecular complexity index is 419. The summed E-state index contributed by atoms with van der Waals surface area (Å²) in [5.41, 5.74) is 7.35. The van der Waals surface area contributed by atoms with E-state index in [2.05, 4.69) is 6.07 Å². The van der Waals surface area contributed by atoms with E-state index in [1.807, 2.05) is 39.0 Å². The monoisotopic (exact) mass is 232 g/mol. The third kappa shape index (κ3) is 3.99. The van der Waals surface area contributed by atoms with Crippen molar-refractivity contribution in [2.45, 2.75) is 33.6 Å². The minimum atomic E-state index is -0.276. The smallest absolute Gasteiger partial charge is 0.142 e. The maximum Gasteiger partial charge on any atom is 0.142 e. The van der Waals surface area contributed by atoms with Gasteiger partial charge in [-0.1, -0.05) is 12.1 Å². The normalized spacial score (nSPS) is 10.9. The van der Waals surface area contributed by atoms with Crippen molar-refractivity contribution >= 4 is 5.69 Å². The van der Waals surface area contributed by atoms with Gasteiger partial charge in [0.25, 0.3) is 0 Å². The third-order valence-electron chi connectivity index (χ3n) is 2.79. The van der Waals surface area contributed by atoms with Crippen LogP contribution in [0.4, 0.5) is 5.69 Å². The molecule has 1 aromatic rings. The number of nitriles is 1. The van der Waals surface area contributed by atoms with E-state index < -0.39 is 0 Å². The Morgan fingerprint density at radius 2 is 2.12 bits per heavy atom. The van der Waals surface area contributed by atoms with E-state index in [-0.39, 0.29) is 5.41 Å². The van der Waals surface area contributed by atoms with Crippen molar-refractivity contribution in [1.29, 1.82) is 5.26 Å². The molecule has 1 aromatic carbocycles. The number of hydrogen-bond acceptors (Lipinski definition) is 3.